The number of nitrogens with zero attached hydrogens (tertiary/aromatic N) is 3. The van der Waals surface area contributed by atoms with Crippen molar-refractivity contribution in [1.29, 1.82) is 0 Å². The van der Waals surface area contributed by atoms with Crippen LogP contribution in [0.1, 0.15) is 15.2 Å². The Morgan fingerprint density at radius 2 is 1.83 bits per heavy atom. The van der Waals surface area contributed by atoms with Gasteiger partial charge in [-0.05, 0) is 68.4 Å². The van der Waals surface area contributed by atoms with Gasteiger partial charge in [0.1, 0.15) is 5.82 Å². The number of thiophene rings is 1. The monoisotopic (exact) mass is 418 g/mol. The number of likely N-dealkylation sites (N-methyl/N-ethyl adjacent to an activating group) is 2. The van der Waals surface area contributed by atoms with Crippen LogP contribution in [-0.4, -0.2) is 50.0 Å². The molecule has 4 aromatic rings. The second-order valence-electron chi connectivity index (χ2n) is 7.86. The zero-order valence-corrected chi connectivity index (χ0v) is 18.6. The van der Waals surface area contributed by atoms with Gasteiger partial charge < -0.3 is 15.1 Å². The Hall–Kier alpha value is -2.96. The lowest BCUT2D eigenvalue weighted by Gasteiger charge is -2.21. The molecular weight excluding hydrogens is 392 g/mol. The van der Waals surface area contributed by atoms with Gasteiger partial charge in [-0.15, -0.1) is 11.3 Å². The highest BCUT2D eigenvalue weighted by atomic mass is 32.1. The van der Waals surface area contributed by atoms with E-state index in [4.69, 9.17) is 4.98 Å². The first-order valence-corrected chi connectivity index (χ1v) is 10.8. The van der Waals surface area contributed by atoms with Crippen LogP contribution >= 0.6 is 11.3 Å². The first-order valence-electron chi connectivity index (χ1n) is 9.98. The smallest absolute Gasteiger partial charge is 0.265 e. The molecule has 30 heavy (non-hydrogen) atoms. The van der Waals surface area contributed by atoms with Gasteiger partial charge in [-0.2, -0.15) is 0 Å². The molecule has 0 fully saturated rings. The van der Waals surface area contributed by atoms with E-state index in [1.165, 1.54) is 11.3 Å². The number of aryl methyl sites for hydroxylation is 1. The van der Waals surface area contributed by atoms with Crippen LogP contribution in [0, 0.1) is 6.92 Å². The fourth-order valence-corrected chi connectivity index (χ4v) is 4.36. The summed E-state index contributed by atoms with van der Waals surface area (Å²) in [6.45, 7) is 3.97. The Balaban J connectivity index is 1.56. The van der Waals surface area contributed by atoms with Gasteiger partial charge in [-0.25, -0.2) is 4.98 Å². The maximum Gasteiger partial charge on any atom is 0.265 e. The molecule has 2 heterocycles. The summed E-state index contributed by atoms with van der Waals surface area (Å²) >= 11 is 1.51. The number of amides is 1. The van der Waals surface area contributed by atoms with Crippen LogP contribution in [0.4, 0.5) is 11.5 Å². The van der Waals surface area contributed by atoms with E-state index in [9.17, 15) is 4.79 Å². The fourth-order valence-electron chi connectivity index (χ4n) is 3.40. The van der Waals surface area contributed by atoms with Crippen molar-refractivity contribution in [3.8, 4) is 0 Å². The SMILES string of the molecule is Cc1cc(N(C)CCN(C)C)nc2ccc(NC(=O)c3cc4ccccc4s3)cc12. The molecule has 154 valence electrons. The zero-order chi connectivity index (χ0) is 21.3. The van der Waals surface area contributed by atoms with E-state index in [1.807, 2.05) is 48.5 Å². The van der Waals surface area contributed by atoms with Crippen molar-refractivity contribution in [3.05, 3.63) is 65.0 Å². The molecule has 0 aliphatic heterocycles. The molecule has 0 atom stereocenters. The molecule has 1 N–H and O–H groups in total. The Kier molecular flexibility index (Phi) is 5.70. The first kappa shape index (κ1) is 20.3. The summed E-state index contributed by atoms with van der Waals surface area (Å²) in [4.78, 5) is 22.6. The van der Waals surface area contributed by atoms with Gasteiger partial charge in [0.15, 0.2) is 0 Å². The molecule has 2 aromatic heterocycles. The minimum Gasteiger partial charge on any atom is -0.358 e. The van der Waals surface area contributed by atoms with Gasteiger partial charge in [0.25, 0.3) is 5.91 Å². The number of anilines is 2. The maximum atomic E-state index is 12.7. The highest BCUT2D eigenvalue weighted by Crippen LogP contribution is 2.28. The van der Waals surface area contributed by atoms with Crippen molar-refractivity contribution >= 4 is 49.7 Å². The van der Waals surface area contributed by atoms with E-state index < -0.39 is 0 Å². The largest absolute Gasteiger partial charge is 0.358 e. The Labute approximate surface area is 180 Å². The number of benzene rings is 2. The highest BCUT2D eigenvalue weighted by molar-refractivity contribution is 7.20. The van der Waals surface area contributed by atoms with Crippen LogP contribution in [0.25, 0.3) is 21.0 Å². The predicted molar refractivity (Wildman–Crippen MR) is 128 cm³/mol. The summed E-state index contributed by atoms with van der Waals surface area (Å²) in [6.07, 6.45) is 0. The normalized spacial score (nSPS) is 11.4. The molecule has 5 nitrogen and oxygen atoms in total. The molecule has 0 radical (unpaired) electrons. The van der Waals surface area contributed by atoms with Crippen LogP contribution in [0.2, 0.25) is 0 Å². The third-order valence-corrected chi connectivity index (χ3v) is 6.30. The van der Waals surface area contributed by atoms with Crippen LogP contribution in [0.3, 0.4) is 0 Å². The minimum absolute atomic E-state index is 0.0822. The molecule has 0 aliphatic carbocycles. The predicted octanol–water partition coefficient (Wildman–Crippen LogP) is 5.01. The average Bonchev–Trinajstić information content (AvgIpc) is 3.16. The molecule has 1 amide bonds. The summed E-state index contributed by atoms with van der Waals surface area (Å²) in [5.41, 5.74) is 2.86. The second-order valence-corrected chi connectivity index (χ2v) is 8.94. The van der Waals surface area contributed by atoms with Gasteiger partial charge in [0.05, 0.1) is 10.4 Å². The number of hydrogen-bond donors (Lipinski definition) is 1. The van der Waals surface area contributed by atoms with Crippen molar-refractivity contribution in [2.45, 2.75) is 6.92 Å². The molecule has 0 aliphatic rings. The average molecular weight is 419 g/mol. The number of nitrogens with one attached hydrogen (secondary N) is 1. The van der Waals surface area contributed by atoms with E-state index in [1.54, 1.807) is 0 Å². The number of carbonyl (C=O) groups excluding carboxylic acids is 1. The standard InChI is InChI=1S/C24H26N4OS/c1-16-13-23(28(4)12-11-27(2)3)26-20-10-9-18(15-19(16)20)25-24(29)22-14-17-7-5-6-8-21(17)30-22/h5-10,13-15H,11-12H2,1-4H3,(H,25,29). The van der Waals surface area contributed by atoms with Gasteiger partial charge in [-0.1, -0.05) is 18.2 Å². The molecule has 2 aromatic carbocycles. The first-order chi connectivity index (χ1) is 14.4. The van der Waals surface area contributed by atoms with Gasteiger partial charge in [-0.3, -0.25) is 4.79 Å². The number of carbonyl (C=O) groups is 1. The molecule has 0 unspecified atom stereocenters. The van der Waals surface area contributed by atoms with Crippen LogP contribution in [-0.2, 0) is 0 Å². The summed E-state index contributed by atoms with van der Waals surface area (Å²) in [7, 11) is 6.21. The maximum absolute atomic E-state index is 12.7. The van der Waals surface area contributed by atoms with E-state index in [-0.39, 0.29) is 5.91 Å². The molecule has 0 bridgehead atoms. The minimum atomic E-state index is -0.0822. The van der Waals surface area contributed by atoms with Crippen LogP contribution in [0.15, 0.2) is 54.6 Å². The number of rotatable bonds is 6. The summed E-state index contributed by atoms with van der Waals surface area (Å²) < 4.78 is 1.12. The summed E-state index contributed by atoms with van der Waals surface area (Å²) in [5, 5.41) is 5.18. The zero-order valence-electron chi connectivity index (χ0n) is 17.8. The van der Waals surface area contributed by atoms with Crippen molar-refractivity contribution in [2.24, 2.45) is 0 Å². The highest BCUT2D eigenvalue weighted by Gasteiger charge is 2.12. The second kappa shape index (κ2) is 8.42. The number of aromatic nitrogens is 1. The van der Waals surface area contributed by atoms with Gasteiger partial charge in [0, 0.05) is 35.9 Å². The third kappa shape index (κ3) is 4.30. The quantitative estimate of drug-likeness (QED) is 0.478. The fraction of sp³-hybridized carbons (Fsp3) is 0.250. The molecule has 0 spiro atoms. The van der Waals surface area contributed by atoms with E-state index in [2.05, 4.69) is 49.2 Å². The Morgan fingerprint density at radius 3 is 2.60 bits per heavy atom. The lowest BCUT2D eigenvalue weighted by molar-refractivity contribution is 0.103. The third-order valence-electron chi connectivity index (χ3n) is 5.18. The van der Waals surface area contributed by atoms with Gasteiger partial charge >= 0.3 is 0 Å². The number of fused-ring (bicyclic) bond motifs is 2. The van der Waals surface area contributed by atoms with E-state index in [0.29, 0.717) is 4.88 Å². The number of hydrogen-bond acceptors (Lipinski definition) is 5. The van der Waals surface area contributed by atoms with E-state index in [0.717, 1.165) is 51.1 Å². The molecule has 6 heteroatoms. The Morgan fingerprint density at radius 1 is 1.03 bits per heavy atom. The van der Waals surface area contributed by atoms with Crippen molar-refractivity contribution in [2.75, 3.05) is 44.4 Å². The Bertz CT molecular complexity index is 1180. The van der Waals surface area contributed by atoms with Crippen molar-refractivity contribution in [3.63, 3.8) is 0 Å². The summed E-state index contributed by atoms with van der Waals surface area (Å²) in [5.74, 6) is 0.880. The summed E-state index contributed by atoms with van der Waals surface area (Å²) in [6, 6.07) is 18.0. The molecule has 0 saturated heterocycles. The van der Waals surface area contributed by atoms with E-state index >= 15 is 0 Å². The lowest BCUT2D eigenvalue weighted by atomic mass is 10.1. The lowest BCUT2D eigenvalue weighted by Crippen LogP contribution is -2.29. The van der Waals surface area contributed by atoms with Crippen LogP contribution < -0.4 is 10.2 Å². The van der Waals surface area contributed by atoms with Crippen molar-refractivity contribution in [1.82, 2.24) is 9.88 Å². The number of pyridine rings is 1. The molecule has 0 saturated carbocycles. The topological polar surface area (TPSA) is 48.5 Å². The van der Waals surface area contributed by atoms with Crippen molar-refractivity contribution < 1.29 is 4.79 Å². The van der Waals surface area contributed by atoms with Gasteiger partial charge in [0.2, 0.25) is 0 Å². The molecule has 4 rings (SSSR count). The molecular formula is C24H26N4OS. The van der Waals surface area contributed by atoms with Crippen LogP contribution in [0.5, 0.6) is 0 Å².